The van der Waals surface area contributed by atoms with E-state index >= 15 is 0 Å². The maximum absolute atomic E-state index is 8.46. The molecule has 8 nitrogen and oxygen atoms in total. The molecule has 0 saturated carbocycles. The Bertz CT molecular complexity index is 80.6. The van der Waals surface area contributed by atoms with E-state index in [2.05, 4.69) is 0 Å². The molecule has 0 rings (SSSR count). The molecule has 0 aromatic heterocycles. The first kappa shape index (κ1) is 43.4. The van der Waals surface area contributed by atoms with E-state index in [9.17, 15) is 0 Å². The zero-order valence-corrected chi connectivity index (χ0v) is 12.9. The molecule has 0 unspecified atom stereocenters. The van der Waals surface area contributed by atoms with Crippen molar-refractivity contribution in [3.05, 3.63) is 0 Å². The van der Waals surface area contributed by atoms with Crippen LogP contribution in [0.25, 0.3) is 0 Å². The van der Waals surface area contributed by atoms with Gasteiger partial charge in [0, 0.05) is 0 Å². The number of hydrogen-bond acceptors (Lipinski definition) is 8. The Hall–Kier alpha value is 2.13. The van der Waals surface area contributed by atoms with Crippen molar-refractivity contribution >= 4 is 80.8 Å². The number of hydrogen-bond donors (Lipinski definition) is 0. The summed E-state index contributed by atoms with van der Waals surface area (Å²) in [5.74, 6) is 0. The molecule has 0 aliphatic rings. The molecule has 0 heterocycles. The molecule has 0 aromatic carbocycles. The Balaban J connectivity index is -0.0000000107. The maximum atomic E-state index is 8.46. The third kappa shape index (κ3) is 711. The van der Waals surface area contributed by atoms with E-state index in [1.807, 2.05) is 0 Å². The Kier molecular flexibility index (Phi) is 285. The fraction of sp³-hybridized carbons (Fsp3) is 0. The van der Waals surface area contributed by atoms with Gasteiger partial charge >= 0.3 is 146 Å². The summed E-state index contributed by atoms with van der Waals surface area (Å²) in [6, 6.07) is 0. The van der Waals surface area contributed by atoms with Crippen LogP contribution in [-0.4, -0.2) is 80.8 Å². The van der Waals surface area contributed by atoms with Gasteiger partial charge in [0.15, 0.2) is 0 Å². The quantitative estimate of drug-likeness (QED) is 0.384. The normalized spacial score (nSPS) is 2.13. The van der Waals surface area contributed by atoms with Crippen molar-refractivity contribution < 1.29 is 65.1 Å². The number of rotatable bonds is 0. The first-order valence-electron chi connectivity index (χ1n) is 1.89. The summed E-state index contributed by atoms with van der Waals surface area (Å²) < 4.78 is 67.7. The van der Waals surface area contributed by atoms with Crippen LogP contribution in [0.5, 0.6) is 0 Å². The predicted octanol–water partition coefficient (Wildman–Crippen LogP) is -7.41. The molecular weight excluding hydrogens is 360 g/mol. The van der Waals surface area contributed by atoms with E-state index < -0.39 is 61.9 Å². The molecule has 15 heteroatoms. The Morgan fingerprint density at radius 3 is 0.600 bits per heavy atom. The van der Waals surface area contributed by atoms with Gasteiger partial charge in [0.05, 0.1) is 0 Å². The second-order valence-corrected chi connectivity index (χ2v) is 1.15. The molecule has 0 aliphatic heterocycles. The van der Waals surface area contributed by atoms with Crippen LogP contribution in [0.15, 0.2) is 0 Å². The molecule has 0 saturated heterocycles. The van der Waals surface area contributed by atoms with Gasteiger partial charge in [0.1, 0.15) is 0 Å². The van der Waals surface area contributed by atoms with Crippen molar-refractivity contribution in [2.75, 3.05) is 0 Å². The van der Waals surface area contributed by atoms with Crippen LogP contribution in [0.4, 0.5) is 0 Å². The first-order valence-corrected chi connectivity index (χ1v) is 5.66. The summed E-state index contributed by atoms with van der Waals surface area (Å²) in [5.41, 5.74) is 0. The van der Waals surface area contributed by atoms with Crippen LogP contribution in [0.3, 0.4) is 0 Å². The zero-order valence-electron chi connectivity index (χ0n) is 6.22. The average Bonchev–Trinajstić information content (AvgIpc) is 1.92. The van der Waals surface area contributed by atoms with E-state index in [0.717, 1.165) is 0 Å². The van der Waals surface area contributed by atoms with Crippen LogP contribution in [0, 0.1) is 0 Å². The minimum atomic E-state index is -1.75. The van der Waals surface area contributed by atoms with Crippen molar-refractivity contribution in [3.63, 3.8) is 0 Å². The molecule has 1 radical (unpaired) electrons. The molecule has 0 bridgehead atoms. The van der Waals surface area contributed by atoms with E-state index in [4.69, 9.17) is 31.8 Å². The average molecular weight is 361 g/mol. The molecule has 0 aromatic rings. The summed E-state index contributed by atoms with van der Waals surface area (Å²) in [4.78, 5) is 0. The zero-order chi connectivity index (χ0) is 10.8. The molecular formula is HAl4CoLiNiO8. The molecule has 0 spiro atoms. The first-order chi connectivity index (χ1) is 5.66. The fourth-order valence-electron chi connectivity index (χ4n) is 0. The van der Waals surface area contributed by atoms with Gasteiger partial charge in [-0.2, -0.15) is 0 Å². The summed E-state index contributed by atoms with van der Waals surface area (Å²) in [7, 11) is 0. The standard InChI is InChI=1S/4Al.Co.Li.Ni.8O.H/q;;;;+2;;+2;;;;;4*-1;. The van der Waals surface area contributed by atoms with Gasteiger partial charge in [-0.15, -0.1) is 0 Å². The Morgan fingerprint density at radius 1 is 0.600 bits per heavy atom. The van der Waals surface area contributed by atoms with Gasteiger partial charge in [0.25, 0.3) is 0 Å². The second kappa shape index (κ2) is 98.3. The van der Waals surface area contributed by atoms with E-state index in [0.29, 0.717) is 0 Å². The van der Waals surface area contributed by atoms with Crippen molar-refractivity contribution in [1.29, 1.82) is 0 Å². The van der Waals surface area contributed by atoms with Crippen LogP contribution in [0.2, 0.25) is 0 Å². The van der Waals surface area contributed by atoms with Gasteiger partial charge in [-0.25, -0.2) is 0 Å². The molecule has 0 aliphatic carbocycles. The summed E-state index contributed by atoms with van der Waals surface area (Å²) >= 11 is -7.00. The van der Waals surface area contributed by atoms with Crippen LogP contribution < -0.4 is 16.6 Å². The van der Waals surface area contributed by atoms with Gasteiger partial charge in [-0.05, 0) is 0 Å². The minimum absolute atomic E-state index is 0. The SMILES string of the molecule is [Co+2].[LiH].[Ni+2].[O]=[Al][O-].[O]=[Al][O-].[O]=[Al][O-].[O]=[Al][O-]. The van der Waals surface area contributed by atoms with E-state index in [1.165, 1.54) is 0 Å². The van der Waals surface area contributed by atoms with Crippen molar-refractivity contribution in [3.8, 4) is 0 Å². The third-order valence-corrected chi connectivity index (χ3v) is 0. The van der Waals surface area contributed by atoms with Gasteiger partial charge < -0.3 is 0 Å². The summed E-state index contributed by atoms with van der Waals surface area (Å²) in [6.45, 7) is 0. The monoisotopic (exact) mass is 361 g/mol. The van der Waals surface area contributed by atoms with Crippen molar-refractivity contribution in [2.24, 2.45) is 0 Å². The fourth-order valence-corrected chi connectivity index (χ4v) is 0. The third-order valence-electron chi connectivity index (χ3n) is 0. The molecule has 0 atom stereocenters. The van der Waals surface area contributed by atoms with E-state index in [1.54, 1.807) is 0 Å². The van der Waals surface area contributed by atoms with Crippen molar-refractivity contribution in [2.45, 2.75) is 0 Å². The van der Waals surface area contributed by atoms with Crippen LogP contribution in [-0.2, 0) is 48.5 Å². The summed E-state index contributed by atoms with van der Waals surface area (Å²) in [5, 5.41) is 0. The topological polar surface area (TPSA) is 161 Å². The molecule has 81 valence electrons. The van der Waals surface area contributed by atoms with Gasteiger partial charge in [-0.1, -0.05) is 0 Å². The van der Waals surface area contributed by atoms with Gasteiger partial charge in [0.2, 0.25) is 0 Å². The van der Waals surface area contributed by atoms with Crippen LogP contribution >= 0.6 is 0 Å². The van der Waals surface area contributed by atoms with Crippen molar-refractivity contribution in [1.82, 2.24) is 0 Å². The molecule has 15 heavy (non-hydrogen) atoms. The van der Waals surface area contributed by atoms with Crippen LogP contribution in [0.1, 0.15) is 0 Å². The second-order valence-electron chi connectivity index (χ2n) is 0.385. The summed E-state index contributed by atoms with van der Waals surface area (Å²) in [6.07, 6.45) is 0. The molecule has 0 fully saturated rings. The van der Waals surface area contributed by atoms with E-state index in [-0.39, 0.29) is 52.1 Å². The molecule has 0 amide bonds. The Labute approximate surface area is 144 Å². The molecule has 0 N–H and O–H groups in total. The predicted molar refractivity (Wildman–Crippen MR) is 32.9 cm³/mol. The Morgan fingerprint density at radius 2 is 0.600 bits per heavy atom. The van der Waals surface area contributed by atoms with Gasteiger partial charge in [-0.3, -0.25) is 0 Å².